The van der Waals surface area contributed by atoms with E-state index in [2.05, 4.69) is 10.6 Å². The molecular formula is C18H17FN2O2. The lowest BCUT2D eigenvalue weighted by atomic mass is 10.1. The quantitative estimate of drug-likeness (QED) is 0.892. The van der Waals surface area contributed by atoms with Gasteiger partial charge in [-0.2, -0.15) is 0 Å². The van der Waals surface area contributed by atoms with Crippen LogP contribution in [0, 0.1) is 5.82 Å². The summed E-state index contributed by atoms with van der Waals surface area (Å²) in [5.74, 6) is -0.868. The molecule has 5 heteroatoms. The topological polar surface area (TPSA) is 58.2 Å². The zero-order chi connectivity index (χ0) is 16.2. The average molecular weight is 312 g/mol. The SMILES string of the molecule is O=C(Cc1ccccc1F)Nc1cccc(C(=O)NC2CC2)c1. The molecule has 2 N–H and O–H groups in total. The second-order valence-electron chi connectivity index (χ2n) is 5.64. The maximum atomic E-state index is 13.6. The number of hydrogen-bond acceptors (Lipinski definition) is 2. The van der Waals surface area contributed by atoms with E-state index in [1.54, 1.807) is 42.5 Å². The normalized spacial score (nSPS) is 13.4. The summed E-state index contributed by atoms with van der Waals surface area (Å²) in [5, 5.41) is 5.59. The third-order valence-electron chi connectivity index (χ3n) is 3.63. The monoisotopic (exact) mass is 312 g/mol. The summed E-state index contributed by atoms with van der Waals surface area (Å²) in [4.78, 5) is 24.0. The van der Waals surface area contributed by atoms with Crippen LogP contribution in [0.4, 0.5) is 10.1 Å². The number of nitrogens with one attached hydrogen (secondary N) is 2. The smallest absolute Gasteiger partial charge is 0.251 e. The van der Waals surface area contributed by atoms with Crippen LogP contribution in [0.3, 0.4) is 0 Å². The fraction of sp³-hybridized carbons (Fsp3) is 0.222. The Hall–Kier alpha value is -2.69. The van der Waals surface area contributed by atoms with Gasteiger partial charge in [0.2, 0.25) is 5.91 Å². The van der Waals surface area contributed by atoms with Gasteiger partial charge in [-0.05, 0) is 42.7 Å². The summed E-state index contributed by atoms with van der Waals surface area (Å²) < 4.78 is 13.6. The third-order valence-corrected chi connectivity index (χ3v) is 3.63. The first kappa shape index (κ1) is 15.2. The van der Waals surface area contributed by atoms with E-state index in [4.69, 9.17) is 0 Å². The van der Waals surface area contributed by atoms with Crippen LogP contribution in [0.1, 0.15) is 28.8 Å². The summed E-state index contributed by atoms with van der Waals surface area (Å²) in [7, 11) is 0. The van der Waals surface area contributed by atoms with Crippen molar-refractivity contribution in [1.29, 1.82) is 0 Å². The van der Waals surface area contributed by atoms with Crippen molar-refractivity contribution >= 4 is 17.5 Å². The number of hydrogen-bond donors (Lipinski definition) is 2. The standard InChI is InChI=1S/C18H17FN2O2/c19-16-7-2-1-4-12(16)11-17(22)20-15-6-3-5-13(10-15)18(23)21-14-8-9-14/h1-7,10,14H,8-9,11H2,(H,20,22)(H,21,23). The minimum atomic E-state index is -0.403. The first-order valence-corrected chi connectivity index (χ1v) is 7.56. The van der Waals surface area contributed by atoms with Gasteiger partial charge < -0.3 is 10.6 Å². The summed E-state index contributed by atoms with van der Waals surface area (Å²) in [6.07, 6.45) is 1.99. The van der Waals surface area contributed by atoms with Crippen molar-refractivity contribution in [2.45, 2.75) is 25.3 Å². The first-order valence-electron chi connectivity index (χ1n) is 7.56. The molecule has 2 aromatic carbocycles. The van der Waals surface area contributed by atoms with E-state index in [1.807, 2.05) is 0 Å². The van der Waals surface area contributed by atoms with E-state index in [1.165, 1.54) is 6.07 Å². The van der Waals surface area contributed by atoms with Crippen LogP contribution >= 0.6 is 0 Å². The Morgan fingerprint density at radius 2 is 1.87 bits per heavy atom. The van der Waals surface area contributed by atoms with Crippen LogP contribution < -0.4 is 10.6 Å². The van der Waals surface area contributed by atoms with Gasteiger partial charge in [0, 0.05) is 17.3 Å². The fourth-order valence-corrected chi connectivity index (χ4v) is 2.25. The van der Waals surface area contributed by atoms with Crippen molar-refractivity contribution in [2.24, 2.45) is 0 Å². The number of benzene rings is 2. The number of anilines is 1. The van der Waals surface area contributed by atoms with Gasteiger partial charge in [0.05, 0.1) is 6.42 Å². The molecule has 1 saturated carbocycles. The van der Waals surface area contributed by atoms with Crippen molar-refractivity contribution < 1.29 is 14.0 Å². The zero-order valence-electron chi connectivity index (χ0n) is 12.5. The molecule has 0 saturated heterocycles. The average Bonchev–Trinajstić information content (AvgIpc) is 3.34. The summed E-state index contributed by atoms with van der Waals surface area (Å²) >= 11 is 0. The predicted octanol–water partition coefficient (Wildman–Crippen LogP) is 2.90. The molecule has 0 bridgehead atoms. The molecule has 1 aliphatic rings. The van der Waals surface area contributed by atoms with Crippen molar-refractivity contribution in [3.05, 3.63) is 65.5 Å². The molecule has 118 valence electrons. The molecule has 2 aromatic rings. The van der Waals surface area contributed by atoms with E-state index in [0.29, 0.717) is 16.8 Å². The molecule has 0 unspecified atom stereocenters. The Morgan fingerprint density at radius 3 is 2.61 bits per heavy atom. The van der Waals surface area contributed by atoms with Crippen LogP contribution in [0.15, 0.2) is 48.5 Å². The molecular weight excluding hydrogens is 295 g/mol. The highest BCUT2D eigenvalue weighted by Gasteiger charge is 2.23. The van der Waals surface area contributed by atoms with Gasteiger partial charge in [0.15, 0.2) is 0 Å². The molecule has 23 heavy (non-hydrogen) atoms. The summed E-state index contributed by atoms with van der Waals surface area (Å²) in [6.45, 7) is 0. The number of carbonyl (C=O) groups is 2. The van der Waals surface area contributed by atoms with Crippen molar-refractivity contribution in [3.8, 4) is 0 Å². The molecule has 0 heterocycles. The van der Waals surface area contributed by atoms with Gasteiger partial charge in [-0.25, -0.2) is 4.39 Å². The molecule has 0 radical (unpaired) electrons. The molecule has 0 aliphatic heterocycles. The zero-order valence-corrected chi connectivity index (χ0v) is 12.5. The molecule has 0 spiro atoms. The number of halogens is 1. The lowest BCUT2D eigenvalue weighted by molar-refractivity contribution is -0.115. The molecule has 0 atom stereocenters. The first-order chi connectivity index (χ1) is 11.1. The minimum absolute atomic E-state index is 0.0504. The van der Waals surface area contributed by atoms with Crippen molar-refractivity contribution in [1.82, 2.24) is 5.32 Å². The van der Waals surface area contributed by atoms with Crippen LogP contribution in [-0.2, 0) is 11.2 Å². The summed E-state index contributed by atoms with van der Waals surface area (Å²) in [5.41, 5.74) is 1.36. The predicted molar refractivity (Wildman–Crippen MR) is 85.7 cm³/mol. The second-order valence-corrected chi connectivity index (χ2v) is 5.64. The van der Waals surface area contributed by atoms with Gasteiger partial charge in [-0.15, -0.1) is 0 Å². The molecule has 0 aromatic heterocycles. The van der Waals surface area contributed by atoms with Gasteiger partial charge >= 0.3 is 0 Å². The molecule has 2 amide bonds. The highest BCUT2D eigenvalue weighted by atomic mass is 19.1. The lowest BCUT2D eigenvalue weighted by Crippen LogP contribution is -2.25. The van der Waals surface area contributed by atoms with Crippen LogP contribution in [0.5, 0.6) is 0 Å². The van der Waals surface area contributed by atoms with Crippen LogP contribution in [0.2, 0.25) is 0 Å². The van der Waals surface area contributed by atoms with E-state index in [-0.39, 0.29) is 24.3 Å². The highest BCUT2D eigenvalue weighted by Crippen LogP contribution is 2.20. The Labute approximate surface area is 133 Å². The van der Waals surface area contributed by atoms with Crippen LogP contribution in [-0.4, -0.2) is 17.9 Å². The number of amides is 2. The van der Waals surface area contributed by atoms with Gasteiger partial charge in [-0.1, -0.05) is 24.3 Å². The Morgan fingerprint density at radius 1 is 1.09 bits per heavy atom. The Bertz CT molecular complexity index is 741. The van der Waals surface area contributed by atoms with E-state index < -0.39 is 5.82 Å². The lowest BCUT2D eigenvalue weighted by Gasteiger charge is -2.08. The number of rotatable bonds is 5. The van der Waals surface area contributed by atoms with Crippen LogP contribution in [0.25, 0.3) is 0 Å². The molecule has 3 rings (SSSR count). The van der Waals surface area contributed by atoms with Crippen molar-refractivity contribution in [3.63, 3.8) is 0 Å². The fourth-order valence-electron chi connectivity index (χ4n) is 2.25. The van der Waals surface area contributed by atoms with Gasteiger partial charge in [-0.3, -0.25) is 9.59 Å². The minimum Gasteiger partial charge on any atom is -0.349 e. The van der Waals surface area contributed by atoms with Gasteiger partial charge in [0.25, 0.3) is 5.91 Å². The largest absolute Gasteiger partial charge is 0.349 e. The molecule has 4 nitrogen and oxygen atoms in total. The molecule has 1 fully saturated rings. The maximum absolute atomic E-state index is 13.6. The van der Waals surface area contributed by atoms with E-state index in [0.717, 1.165) is 12.8 Å². The maximum Gasteiger partial charge on any atom is 0.251 e. The van der Waals surface area contributed by atoms with Gasteiger partial charge in [0.1, 0.15) is 5.82 Å². The van der Waals surface area contributed by atoms with E-state index in [9.17, 15) is 14.0 Å². The molecule has 1 aliphatic carbocycles. The van der Waals surface area contributed by atoms with E-state index >= 15 is 0 Å². The second kappa shape index (κ2) is 6.60. The Balaban J connectivity index is 1.64. The Kier molecular flexibility index (Phi) is 4.37. The highest BCUT2D eigenvalue weighted by molar-refractivity contribution is 5.97. The summed E-state index contributed by atoms with van der Waals surface area (Å²) in [6, 6.07) is 13.2. The number of carbonyl (C=O) groups excluding carboxylic acids is 2. The van der Waals surface area contributed by atoms with Crippen molar-refractivity contribution in [2.75, 3.05) is 5.32 Å². The third kappa shape index (κ3) is 4.16.